The lowest BCUT2D eigenvalue weighted by Gasteiger charge is -2.69. The molecular formula is C18H22F6N2O3. The van der Waals surface area contributed by atoms with Gasteiger partial charge in [-0.1, -0.05) is 0 Å². The number of rotatable bonds is 7. The van der Waals surface area contributed by atoms with Crippen LogP contribution in [0.15, 0.2) is 0 Å². The van der Waals surface area contributed by atoms with E-state index in [2.05, 4.69) is 10.6 Å². The molecule has 0 heterocycles. The van der Waals surface area contributed by atoms with Crippen molar-refractivity contribution in [3.63, 3.8) is 0 Å². The number of hydrogen-bond donors (Lipinski definition) is 2. The highest BCUT2D eigenvalue weighted by atomic mass is 19.4. The lowest BCUT2D eigenvalue weighted by molar-refractivity contribution is -0.351. The predicted molar refractivity (Wildman–Crippen MR) is 86.4 cm³/mol. The van der Waals surface area contributed by atoms with E-state index in [4.69, 9.17) is 4.74 Å². The average Bonchev–Trinajstić information content (AvgIpc) is 2.38. The maximum absolute atomic E-state index is 12.9. The molecule has 2 amide bonds. The van der Waals surface area contributed by atoms with Gasteiger partial charge in [-0.2, -0.15) is 26.3 Å². The second-order valence-electron chi connectivity index (χ2n) is 9.46. The third kappa shape index (κ3) is 2.71. The minimum absolute atomic E-state index is 0.00410. The van der Waals surface area contributed by atoms with Gasteiger partial charge in [-0.15, -0.1) is 0 Å². The van der Waals surface area contributed by atoms with Crippen molar-refractivity contribution in [1.82, 2.24) is 10.6 Å². The normalized spacial score (nSPS) is 40.5. The standard InChI is InChI=1S/C18H22F6N2O3/c1-29-10(2-25-11(27)13-4-15(5-13,6-13)17(19,20)21)3-26-12(28)14-7-16(8-14,9-14)18(22,23)24/h10H,2-9H2,1H3,(H,25,27)(H,26,28). The fraction of sp³-hybridized carbons (Fsp3) is 0.889. The number of carbonyl (C=O) groups is 2. The molecule has 0 atom stereocenters. The van der Waals surface area contributed by atoms with Gasteiger partial charge in [0.15, 0.2) is 0 Å². The number of carbonyl (C=O) groups excluding carboxylic acids is 2. The first-order chi connectivity index (χ1) is 13.2. The lowest BCUT2D eigenvalue weighted by Crippen LogP contribution is -2.73. The number of ether oxygens (including phenoxy) is 1. The van der Waals surface area contributed by atoms with Crippen LogP contribution in [0.25, 0.3) is 0 Å². The largest absolute Gasteiger partial charge is 0.394 e. The van der Waals surface area contributed by atoms with Crippen LogP contribution in [-0.4, -0.2) is 50.5 Å². The summed E-state index contributed by atoms with van der Waals surface area (Å²) >= 11 is 0. The molecule has 6 fully saturated rings. The first kappa shape index (κ1) is 20.7. The van der Waals surface area contributed by atoms with Crippen LogP contribution in [0.5, 0.6) is 0 Å². The van der Waals surface area contributed by atoms with E-state index in [1.807, 2.05) is 0 Å². The van der Waals surface area contributed by atoms with Crippen molar-refractivity contribution in [2.45, 2.75) is 57.0 Å². The Morgan fingerprint density at radius 3 is 1.34 bits per heavy atom. The minimum Gasteiger partial charge on any atom is -0.378 e. The number of hydrogen-bond acceptors (Lipinski definition) is 3. The second kappa shape index (κ2) is 5.79. The summed E-state index contributed by atoms with van der Waals surface area (Å²) in [5.74, 6) is -0.910. The molecule has 0 saturated heterocycles. The van der Waals surface area contributed by atoms with Crippen molar-refractivity contribution < 1.29 is 40.7 Å². The number of halogens is 6. The third-order valence-electron chi connectivity index (χ3n) is 7.54. The van der Waals surface area contributed by atoms with Crippen molar-refractivity contribution in [2.24, 2.45) is 21.7 Å². The van der Waals surface area contributed by atoms with Gasteiger partial charge in [0.05, 0.1) is 27.8 Å². The average molecular weight is 428 g/mol. The minimum atomic E-state index is -4.29. The quantitative estimate of drug-likeness (QED) is 0.613. The molecule has 2 N–H and O–H groups in total. The number of methoxy groups -OCH3 is 1. The molecule has 0 aromatic rings. The first-order valence-corrected chi connectivity index (χ1v) is 9.45. The Morgan fingerprint density at radius 2 is 1.10 bits per heavy atom. The number of amides is 2. The molecular weight excluding hydrogens is 406 g/mol. The zero-order valence-corrected chi connectivity index (χ0v) is 15.7. The molecule has 0 radical (unpaired) electrons. The van der Waals surface area contributed by atoms with E-state index < -0.39 is 51.9 Å². The van der Waals surface area contributed by atoms with Gasteiger partial charge < -0.3 is 15.4 Å². The highest BCUT2D eigenvalue weighted by molar-refractivity contribution is 5.87. The fourth-order valence-electron chi connectivity index (χ4n) is 5.69. The Balaban J connectivity index is 1.19. The van der Waals surface area contributed by atoms with Crippen LogP contribution in [0.2, 0.25) is 0 Å². The fourth-order valence-corrected chi connectivity index (χ4v) is 5.69. The Bertz CT molecular complexity index is 647. The Kier molecular flexibility index (Phi) is 4.14. The summed E-state index contributed by atoms with van der Waals surface area (Å²) in [7, 11) is 1.35. The van der Waals surface area contributed by atoms with Crippen molar-refractivity contribution >= 4 is 11.8 Å². The smallest absolute Gasteiger partial charge is 0.378 e. The zero-order valence-electron chi connectivity index (χ0n) is 15.7. The van der Waals surface area contributed by atoms with Gasteiger partial charge in [-0.25, -0.2) is 0 Å². The van der Waals surface area contributed by atoms with Crippen LogP contribution in [0.3, 0.4) is 0 Å². The Hall–Kier alpha value is -1.52. The molecule has 6 rings (SSSR count). The molecule has 0 unspecified atom stereocenters. The summed E-state index contributed by atoms with van der Waals surface area (Å²) in [5, 5.41) is 5.16. The molecule has 11 heteroatoms. The summed E-state index contributed by atoms with van der Waals surface area (Å²) in [4.78, 5) is 24.5. The Morgan fingerprint density at radius 1 is 0.793 bits per heavy atom. The lowest BCUT2D eigenvalue weighted by atomic mass is 9.34. The maximum atomic E-state index is 12.9. The highest BCUT2D eigenvalue weighted by Crippen LogP contribution is 2.79. The Labute approximate surface area is 162 Å². The van der Waals surface area contributed by atoms with Crippen molar-refractivity contribution in [3.05, 3.63) is 0 Å². The predicted octanol–water partition coefficient (Wildman–Crippen LogP) is 2.70. The summed E-state index contributed by atoms with van der Waals surface area (Å²) in [6.45, 7) is -0.00819. The molecule has 0 aromatic heterocycles. The third-order valence-corrected chi connectivity index (χ3v) is 7.54. The van der Waals surface area contributed by atoms with E-state index in [1.165, 1.54) is 7.11 Å². The van der Waals surface area contributed by atoms with Gasteiger partial charge in [0.25, 0.3) is 0 Å². The van der Waals surface area contributed by atoms with E-state index in [0.717, 1.165) is 0 Å². The SMILES string of the molecule is COC(CNC(=O)C12CC(C(F)(F)F)(C1)C2)CNC(=O)C12CC(C(F)(F)F)(C1)C2. The second-order valence-corrected chi connectivity index (χ2v) is 9.46. The maximum Gasteiger partial charge on any atom is 0.394 e. The van der Waals surface area contributed by atoms with Gasteiger partial charge in [-0.05, 0) is 38.5 Å². The molecule has 6 aliphatic rings. The molecule has 4 bridgehead atoms. The van der Waals surface area contributed by atoms with E-state index in [1.54, 1.807) is 0 Å². The molecule has 6 aliphatic carbocycles. The van der Waals surface area contributed by atoms with Gasteiger partial charge in [-0.3, -0.25) is 9.59 Å². The van der Waals surface area contributed by atoms with Crippen molar-refractivity contribution in [3.8, 4) is 0 Å². The van der Waals surface area contributed by atoms with Crippen LogP contribution >= 0.6 is 0 Å². The zero-order chi connectivity index (χ0) is 21.5. The molecule has 164 valence electrons. The van der Waals surface area contributed by atoms with E-state index in [9.17, 15) is 35.9 Å². The molecule has 5 nitrogen and oxygen atoms in total. The van der Waals surface area contributed by atoms with Gasteiger partial charge in [0.1, 0.15) is 0 Å². The van der Waals surface area contributed by atoms with Gasteiger partial charge >= 0.3 is 12.4 Å². The molecule has 0 aromatic carbocycles. The molecule has 6 saturated carbocycles. The molecule has 0 spiro atoms. The van der Waals surface area contributed by atoms with E-state index >= 15 is 0 Å². The van der Waals surface area contributed by atoms with Crippen molar-refractivity contribution in [2.75, 3.05) is 20.2 Å². The van der Waals surface area contributed by atoms with Crippen molar-refractivity contribution in [1.29, 1.82) is 0 Å². The van der Waals surface area contributed by atoms with E-state index in [0.29, 0.717) is 0 Å². The van der Waals surface area contributed by atoms with Gasteiger partial charge in [0, 0.05) is 20.2 Å². The van der Waals surface area contributed by atoms with Crippen LogP contribution in [-0.2, 0) is 14.3 Å². The topological polar surface area (TPSA) is 67.4 Å². The molecule has 29 heavy (non-hydrogen) atoms. The summed E-state index contributed by atoms with van der Waals surface area (Å²) < 4.78 is 82.4. The van der Waals surface area contributed by atoms with Crippen LogP contribution < -0.4 is 10.6 Å². The summed E-state index contributed by atoms with van der Waals surface area (Å²) in [6.07, 6.45) is -10.4. The van der Waals surface area contributed by atoms with E-state index in [-0.39, 0.29) is 51.6 Å². The number of alkyl halides is 6. The van der Waals surface area contributed by atoms with Crippen LogP contribution in [0.1, 0.15) is 38.5 Å². The summed E-state index contributed by atoms with van der Waals surface area (Å²) in [5.41, 5.74) is -5.35. The first-order valence-electron chi connectivity index (χ1n) is 9.45. The highest BCUT2D eigenvalue weighted by Gasteiger charge is 2.81. The van der Waals surface area contributed by atoms with Crippen LogP contribution in [0, 0.1) is 21.7 Å². The monoisotopic (exact) mass is 428 g/mol. The molecule has 0 aliphatic heterocycles. The van der Waals surface area contributed by atoms with Crippen LogP contribution in [0.4, 0.5) is 26.3 Å². The number of nitrogens with one attached hydrogen (secondary N) is 2. The summed E-state index contributed by atoms with van der Waals surface area (Å²) in [6, 6.07) is 0. The van der Waals surface area contributed by atoms with Gasteiger partial charge in [0.2, 0.25) is 11.8 Å².